The predicted molar refractivity (Wildman–Crippen MR) is 67.6 cm³/mol. The van der Waals surface area contributed by atoms with Gasteiger partial charge in [-0.1, -0.05) is 11.6 Å². The molecule has 0 saturated heterocycles. The topological polar surface area (TPSA) is 47.3 Å². The Labute approximate surface area is 110 Å². The Morgan fingerprint density at radius 1 is 1.50 bits per heavy atom. The molecule has 0 spiro atoms. The summed E-state index contributed by atoms with van der Waals surface area (Å²) in [6.07, 6.45) is 3.45. The first kappa shape index (κ1) is 11.6. The van der Waals surface area contributed by atoms with Gasteiger partial charge in [0.05, 0.1) is 12.3 Å². The zero-order chi connectivity index (χ0) is 12.7. The maximum Gasteiger partial charge on any atom is 0.130 e. The Morgan fingerprint density at radius 2 is 2.33 bits per heavy atom. The van der Waals surface area contributed by atoms with E-state index in [1.165, 1.54) is 0 Å². The molecule has 4 nitrogen and oxygen atoms in total. The molecule has 0 saturated carbocycles. The van der Waals surface area contributed by atoms with Crippen LogP contribution in [0.15, 0.2) is 30.6 Å². The van der Waals surface area contributed by atoms with Crippen LogP contribution in [0.25, 0.3) is 0 Å². The molecule has 1 aromatic heterocycles. The van der Waals surface area contributed by atoms with E-state index in [9.17, 15) is 5.11 Å². The largest absolute Gasteiger partial charge is 0.485 e. The van der Waals surface area contributed by atoms with Crippen molar-refractivity contribution in [1.29, 1.82) is 0 Å². The number of hydrogen-bond donors (Lipinski definition) is 1. The van der Waals surface area contributed by atoms with E-state index in [2.05, 4.69) is 5.10 Å². The Bertz CT molecular complexity index is 582. The fraction of sp³-hybridized carbons (Fsp3) is 0.308. The second-order valence-corrected chi connectivity index (χ2v) is 4.92. The molecule has 1 N–H and O–H groups in total. The van der Waals surface area contributed by atoms with E-state index in [1.807, 2.05) is 13.2 Å². The van der Waals surface area contributed by atoms with Gasteiger partial charge in [-0.3, -0.25) is 4.68 Å². The van der Waals surface area contributed by atoms with Gasteiger partial charge in [0.25, 0.3) is 0 Å². The molecule has 94 valence electrons. The van der Waals surface area contributed by atoms with Gasteiger partial charge in [0.15, 0.2) is 0 Å². The average molecular weight is 265 g/mol. The minimum absolute atomic E-state index is 0.164. The van der Waals surface area contributed by atoms with E-state index in [-0.39, 0.29) is 6.10 Å². The summed E-state index contributed by atoms with van der Waals surface area (Å²) in [5, 5.41) is 14.9. The number of fused-ring (bicyclic) bond motifs is 1. The number of aromatic nitrogens is 2. The Balaban J connectivity index is 1.94. The van der Waals surface area contributed by atoms with Crippen molar-refractivity contribution in [3.05, 3.63) is 46.7 Å². The van der Waals surface area contributed by atoms with E-state index < -0.39 is 6.10 Å². The van der Waals surface area contributed by atoms with Gasteiger partial charge >= 0.3 is 0 Å². The first-order chi connectivity index (χ1) is 8.63. The highest BCUT2D eigenvalue weighted by Gasteiger charge is 2.28. The van der Waals surface area contributed by atoms with Crippen LogP contribution in [0.2, 0.25) is 5.02 Å². The summed E-state index contributed by atoms with van der Waals surface area (Å²) in [6.45, 7) is 0. The number of nitrogens with zero attached hydrogens (tertiary/aromatic N) is 2. The summed E-state index contributed by atoms with van der Waals surface area (Å²) in [7, 11) is 1.86. The summed E-state index contributed by atoms with van der Waals surface area (Å²) in [5.41, 5.74) is 1.72. The smallest absolute Gasteiger partial charge is 0.130 e. The summed E-state index contributed by atoms with van der Waals surface area (Å²) in [4.78, 5) is 0. The van der Waals surface area contributed by atoms with Crippen molar-refractivity contribution in [3.63, 3.8) is 0 Å². The maximum atomic E-state index is 10.2. The summed E-state index contributed by atoms with van der Waals surface area (Å²) >= 11 is 5.92. The van der Waals surface area contributed by atoms with Crippen molar-refractivity contribution in [3.8, 4) is 5.75 Å². The van der Waals surface area contributed by atoms with Gasteiger partial charge in [-0.05, 0) is 18.2 Å². The molecule has 1 unspecified atom stereocenters. The van der Waals surface area contributed by atoms with Crippen LogP contribution in [-0.4, -0.2) is 14.9 Å². The van der Waals surface area contributed by atoms with Crippen molar-refractivity contribution in [2.45, 2.75) is 18.6 Å². The maximum absolute atomic E-state index is 10.2. The van der Waals surface area contributed by atoms with Gasteiger partial charge in [0.1, 0.15) is 11.9 Å². The Hall–Kier alpha value is -1.52. The Kier molecular flexibility index (Phi) is 2.76. The lowest BCUT2D eigenvalue weighted by Crippen LogP contribution is -2.18. The number of halogens is 1. The average Bonchev–Trinajstić information content (AvgIpc) is 2.77. The van der Waals surface area contributed by atoms with Gasteiger partial charge in [-0.2, -0.15) is 5.10 Å². The first-order valence-electron chi connectivity index (χ1n) is 5.76. The van der Waals surface area contributed by atoms with Crippen LogP contribution < -0.4 is 4.74 Å². The number of aryl methyl sites for hydroxylation is 1. The number of ether oxygens (including phenoxy) is 1. The second kappa shape index (κ2) is 4.30. The lowest BCUT2D eigenvalue weighted by atomic mass is 9.96. The van der Waals surface area contributed by atoms with E-state index in [0.29, 0.717) is 17.2 Å². The van der Waals surface area contributed by atoms with Crippen molar-refractivity contribution >= 4 is 11.6 Å². The minimum atomic E-state index is -0.558. The van der Waals surface area contributed by atoms with Crippen LogP contribution in [0.1, 0.15) is 29.8 Å². The van der Waals surface area contributed by atoms with Gasteiger partial charge in [0, 0.05) is 35.8 Å². The third-order valence-electron chi connectivity index (χ3n) is 3.13. The first-order valence-corrected chi connectivity index (χ1v) is 6.14. The molecule has 1 aliphatic rings. The van der Waals surface area contributed by atoms with Crippen LogP contribution in [0.4, 0.5) is 0 Å². The highest BCUT2D eigenvalue weighted by Crippen LogP contribution is 2.41. The molecule has 2 heterocycles. The molecular weight excluding hydrogens is 252 g/mol. The van der Waals surface area contributed by atoms with Crippen molar-refractivity contribution in [1.82, 2.24) is 9.78 Å². The SMILES string of the molecule is Cn1cc(C2C[C@H](O)c3cc(Cl)ccc3O2)cn1. The third-order valence-corrected chi connectivity index (χ3v) is 3.37. The molecule has 1 aromatic carbocycles. The van der Waals surface area contributed by atoms with Crippen LogP contribution in [0, 0.1) is 0 Å². The number of aliphatic hydroxyl groups excluding tert-OH is 1. The number of benzene rings is 1. The molecule has 0 bridgehead atoms. The molecule has 0 fully saturated rings. The Morgan fingerprint density at radius 3 is 3.06 bits per heavy atom. The van der Waals surface area contributed by atoms with Crippen LogP contribution in [-0.2, 0) is 7.05 Å². The fourth-order valence-corrected chi connectivity index (χ4v) is 2.41. The standard InChI is InChI=1S/C13H13ClN2O2/c1-16-7-8(6-15-16)13-5-11(17)10-4-9(14)2-3-12(10)18-13/h2-4,6-7,11,13,17H,5H2,1H3/t11-,13?/m0/s1. The molecule has 5 heteroatoms. The number of hydrogen-bond acceptors (Lipinski definition) is 3. The minimum Gasteiger partial charge on any atom is -0.485 e. The molecule has 2 atom stereocenters. The zero-order valence-corrected chi connectivity index (χ0v) is 10.6. The van der Waals surface area contributed by atoms with E-state index >= 15 is 0 Å². The summed E-state index contributed by atoms with van der Waals surface area (Å²) in [5.74, 6) is 0.687. The molecule has 0 amide bonds. The molecule has 1 aliphatic heterocycles. The van der Waals surface area contributed by atoms with Crippen LogP contribution >= 0.6 is 11.6 Å². The molecule has 0 radical (unpaired) electrons. The van der Waals surface area contributed by atoms with Crippen LogP contribution in [0.5, 0.6) is 5.75 Å². The molecule has 3 rings (SSSR count). The van der Waals surface area contributed by atoms with Crippen molar-refractivity contribution < 1.29 is 9.84 Å². The zero-order valence-electron chi connectivity index (χ0n) is 9.88. The van der Waals surface area contributed by atoms with Crippen molar-refractivity contribution in [2.75, 3.05) is 0 Å². The second-order valence-electron chi connectivity index (χ2n) is 4.49. The highest BCUT2D eigenvalue weighted by molar-refractivity contribution is 6.30. The van der Waals surface area contributed by atoms with E-state index in [4.69, 9.17) is 16.3 Å². The van der Waals surface area contributed by atoms with E-state index in [1.54, 1.807) is 29.1 Å². The van der Waals surface area contributed by atoms with Crippen LogP contribution in [0.3, 0.4) is 0 Å². The fourth-order valence-electron chi connectivity index (χ4n) is 2.23. The molecule has 18 heavy (non-hydrogen) atoms. The monoisotopic (exact) mass is 264 g/mol. The number of aliphatic hydroxyl groups is 1. The lowest BCUT2D eigenvalue weighted by molar-refractivity contribution is 0.0657. The quantitative estimate of drug-likeness (QED) is 0.861. The summed E-state index contributed by atoms with van der Waals surface area (Å²) in [6, 6.07) is 5.31. The third kappa shape index (κ3) is 1.98. The van der Waals surface area contributed by atoms with E-state index in [0.717, 1.165) is 11.1 Å². The van der Waals surface area contributed by atoms with Gasteiger partial charge in [-0.25, -0.2) is 0 Å². The van der Waals surface area contributed by atoms with Gasteiger partial charge in [0.2, 0.25) is 0 Å². The molecule has 2 aromatic rings. The van der Waals surface area contributed by atoms with Gasteiger partial charge in [-0.15, -0.1) is 0 Å². The molecule has 0 aliphatic carbocycles. The van der Waals surface area contributed by atoms with Gasteiger partial charge < -0.3 is 9.84 Å². The lowest BCUT2D eigenvalue weighted by Gasteiger charge is -2.29. The highest BCUT2D eigenvalue weighted by atomic mass is 35.5. The normalized spacial score (nSPS) is 22.4. The summed E-state index contributed by atoms with van der Waals surface area (Å²) < 4.78 is 7.61. The predicted octanol–water partition coefficient (Wildman–Crippen LogP) is 2.63. The van der Waals surface area contributed by atoms with Crippen molar-refractivity contribution in [2.24, 2.45) is 7.05 Å². The molecular formula is C13H13ClN2O2. The number of rotatable bonds is 1.